The van der Waals surface area contributed by atoms with Crippen LogP contribution in [0, 0.1) is 5.92 Å². The minimum atomic E-state index is -0.833. The molecule has 1 fully saturated rings. The Kier molecular flexibility index (Phi) is 6.74. The van der Waals surface area contributed by atoms with Gasteiger partial charge in [0.25, 0.3) is 11.5 Å². The maximum atomic E-state index is 13.2. The summed E-state index contributed by atoms with van der Waals surface area (Å²) in [5, 5.41) is 14.0. The summed E-state index contributed by atoms with van der Waals surface area (Å²) in [5.74, 6) is -0.397. The second-order valence-electron chi connectivity index (χ2n) is 9.00. The van der Waals surface area contributed by atoms with Gasteiger partial charge in [0.2, 0.25) is 5.91 Å². The van der Waals surface area contributed by atoms with Crippen LogP contribution in [-0.4, -0.2) is 34.6 Å². The molecule has 0 spiro atoms. The molecule has 2 aliphatic heterocycles. The van der Waals surface area contributed by atoms with Crippen molar-refractivity contribution in [3.05, 3.63) is 69.1 Å². The van der Waals surface area contributed by atoms with E-state index in [0.717, 1.165) is 44.1 Å². The van der Waals surface area contributed by atoms with Crippen LogP contribution < -0.4 is 16.2 Å². The van der Waals surface area contributed by atoms with Gasteiger partial charge in [0.05, 0.1) is 0 Å². The van der Waals surface area contributed by atoms with Crippen molar-refractivity contribution in [2.24, 2.45) is 5.92 Å². The molecule has 170 valence electrons. The number of fused-ring (bicyclic) bond motifs is 5. The monoisotopic (exact) mass is 437 g/mol. The van der Waals surface area contributed by atoms with E-state index in [9.17, 15) is 9.59 Å². The quantitative estimate of drug-likeness (QED) is 0.685. The average molecular weight is 438 g/mol. The minimum Gasteiger partial charge on any atom is -0.481 e. The number of nitrogens with one attached hydrogen (secondary N) is 2. The van der Waals surface area contributed by atoms with Crippen LogP contribution in [-0.2, 0) is 29.0 Å². The molecule has 0 saturated carbocycles. The first kappa shape index (κ1) is 22.3. The zero-order valence-electron chi connectivity index (χ0n) is 18.5. The topological polar surface area (TPSA) is 100 Å². The maximum Gasteiger partial charge on any atom is 0.300 e. The van der Waals surface area contributed by atoms with Crippen LogP contribution in [0.5, 0.6) is 0 Å². The molecule has 0 radical (unpaired) electrons. The number of hydrogen-bond donors (Lipinski definition) is 3. The third-order valence-corrected chi connectivity index (χ3v) is 6.70. The summed E-state index contributed by atoms with van der Waals surface area (Å²) in [6, 6.07) is 11.5. The lowest BCUT2D eigenvalue weighted by atomic mass is 9.79. The van der Waals surface area contributed by atoms with E-state index in [0.29, 0.717) is 12.5 Å². The molecule has 7 heteroatoms. The standard InChI is InChI=1S/C23H27N3O2.C2H4O2/c27-21-7-3-6-20-18-11-19(14-24-13-18)22(26(20)21)23(28)25-12-15-8-9-16-4-1-2-5-17(16)10-15;1-2(3)4/h3,6-10,18-19,22,24H,1-2,4-5,11-14H2,(H,25,28);1H3,(H,3,4)/t18-,19+,22-;/m1./s1. The molecule has 3 atom stereocenters. The number of amides is 1. The molecule has 2 bridgehead atoms. The average Bonchev–Trinajstić information content (AvgIpc) is 2.78. The fourth-order valence-electron chi connectivity index (χ4n) is 5.32. The highest BCUT2D eigenvalue weighted by atomic mass is 16.4. The van der Waals surface area contributed by atoms with Crippen molar-refractivity contribution in [1.82, 2.24) is 15.2 Å². The molecule has 5 rings (SSSR count). The molecule has 7 nitrogen and oxygen atoms in total. The van der Waals surface area contributed by atoms with E-state index in [-0.39, 0.29) is 17.4 Å². The molecular weight excluding hydrogens is 406 g/mol. The zero-order chi connectivity index (χ0) is 22.7. The number of aryl methyl sites for hydroxylation is 2. The van der Waals surface area contributed by atoms with Crippen molar-refractivity contribution < 1.29 is 14.7 Å². The van der Waals surface area contributed by atoms with Gasteiger partial charge in [-0.3, -0.25) is 19.0 Å². The number of nitrogens with zero attached hydrogens (tertiary/aromatic N) is 1. The van der Waals surface area contributed by atoms with Gasteiger partial charge in [0.1, 0.15) is 6.04 Å². The van der Waals surface area contributed by atoms with Gasteiger partial charge in [-0.05, 0) is 54.9 Å². The molecule has 3 N–H and O–H groups in total. The van der Waals surface area contributed by atoms with Crippen LogP contribution in [0.1, 0.15) is 60.5 Å². The fourth-order valence-corrected chi connectivity index (χ4v) is 5.32. The Morgan fingerprint density at radius 2 is 1.88 bits per heavy atom. The first-order valence-corrected chi connectivity index (χ1v) is 11.4. The molecule has 1 amide bonds. The van der Waals surface area contributed by atoms with Gasteiger partial charge in [-0.2, -0.15) is 0 Å². The number of carbonyl (C=O) groups excluding carboxylic acids is 1. The number of pyridine rings is 1. The lowest BCUT2D eigenvalue weighted by Crippen LogP contribution is -2.52. The Morgan fingerprint density at radius 3 is 2.66 bits per heavy atom. The highest BCUT2D eigenvalue weighted by Gasteiger charge is 2.41. The Morgan fingerprint density at radius 1 is 1.12 bits per heavy atom. The van der Waals surface area contributed by atoms with Crippen molar-refractivity contribution in [3.63, 3.8) is 0 Å². The summed E-state index contributed by atoms with van der Waals surface area (Å²) in [7, 11) is 0. The molecule has 3 heterocycles. The van der Waals surface area contributed by atoms with Crippen LogP contribution in [0.15, 0.2) is 41.2 Å². The van der Waals surface area contributed by atoms with Crippen molar-refractivity contribution in [3.8, 4) is 0 Å². The smallest absolute Gasteiger partial charge is 0.300 e. The molecule has 0 unspecified atom stereocenters. The van der Waals surface area contributed by atoms with Crippen LogP contribution >= 0.6 is 0 Å². The number of hydrogen-bond acceptors (Lipinski definition) is 4. The molecule has 1 aromatic carbocycles. The molecule has 32 heavy (non-hydrogen) atoms. The largest absolute Gasteiger partial charge is 0.481 e. The summed E-state index contributed by atoms with van der Waals surface area (Å²) >= 11 is 0. The lowest BCUT2D eigenvalue weighted by molar-refractivity contribution is -0.134. The number of benzene rings is 1. The van der Waals surface area contributed by atoms with Crippen LogP contribution in [0.25, 0.3) is 0 Å². The highest BCUT2D eigenvalue weighted by molar-refractivity contribution is 5.81. The van der Waals surface area contributed by atoms with Gasteiger partial charge in [0, 0.05) is 50.2 Å². The first-order chi connectivity index (χ1) is 15.4. The first-order valence-electron chi connectivity index (χ1n) is 11.4. The lowest BCUT2D eigenvalue weighted by Gasteiger charge is -2.42. The number of carboxylic acid groups (broad SMARTS) is 1. The molecule has 1 aromatic heterocycles. The Hall–Kier alpha value is -2.93. The summed E-state index contributed by atoms with van der Waals surface area (Å²) in [5.41, 5.74) is 4.95. The van der Waals surface area contributed by atoms with Gasteiger partial charge in [-0.25, -0.2) is 0 Å². The van der Waals surface area contributed by atoms with Gasteiger partial charge < -0.3 is 15.7 Å². The predicted octanol–water partition coefficient (Wildman–Crippen LogP) is 2.38. The van der Waals surface area contributed by atoms with Gasteiger partial charge >= 0.3 is 0 Å². The van der Waals surface area contributed by atoms with Crippen molar-refractivity contribution >= 4 is 11.9 Å². The summed E-state index contributed by atoms with van der Waals surface area (Å²) in [6.07, 6.45) is 5.79. The number of piperidine rings is 1. The van der Waals surface area contributed by atoms with E-state index in [4.69, 9.17) is 9.90 Å². The predicted molar refractivity (Wildman–Crippen MR) is 122 cm³/mol. The van der Waals surface area contributed by atoms with E-state index < -0.39 is 12.0 Å². The SMILES string of the molecule is CC(=O)O.O=C(NCc1ccc2c(c1)CCCC2)[C@H]1[C@@H]2CNC[C@@H](C2)c2cccc(=O)n21. The third-order valence-electron chi connectivity index (χ3n) is 6.70. The molecule has 3 aliphatic rings. The van der Waals surface area contributed by atoms with Crippen molar-refractivity contribution in [2.75, 3.05) is 13.1 Å². The van der Waals surface area contributed by atoms with E-state index in [2.05, 4.69) is 28.8 Å². The summed E-state index contributed by atoms with van der Waals surface area (Å²) in [6.45, 7) is 3.26. The van der Waals surface area contributed by atoms with Crippen LogP contribution in [0.3, 0.4) is 0 Å². The third kappa shape index (κ3) is 4.78. The van der Waals surface area contributed by atoms with E-state index in [1.165, 1.54) is 30.4 Å². The summed E-state index contributed by atoms with van der Waals surface area (Å²) in [4.78, 5) is 34.8. The van der Waals surface area contributed by atoms with Gasteiger partial charge in [-0.1, -0.05) is 24.3 Å². The van der Waals surface area contributed by atoms with Crippen molar-refractivity contribution in [2.45, 2.75) is 57.5 Å². The number of carbonyl (C=O) groups is 2. The fraction of sp³-hybridized carbons (Fsp3) is 0.480. The number of rotatable bonds is 3. The second-order valence-corrected chi connectivity index (χ2v) is 9.00. The van der Waals surface area contributed by atoms with E-state index in [1.807, 2.05) is 12.1 Å². The minimum absolute atomic E-state index is 0.0422. The second kappa shape index (κ2) is 9.69. The normalized spacial score (nSPS) is 23.1. The Balaban J connectivity index is 0.000000567. The Bertz CT molecular complexity index is 1060. The molecule has 1 aliphatic carbocycles. The van der Waals surface area contributed by atoms with E-state index >= 15 is 0 Å². The molecule has 2 aromatic rings. The van der Waals surface area contributed by atoms with Gasteiger partial charge in [0.15, 0.2) is 0 Å². The zero-order valence-corrected chi connectivity index (χ0v) is 18.5. The maximum absolute atomic E-state index is 13.2. The molecular formula is C25H31N3O4. The number of aliphatic carboxylic acids is 1. The Labute approximate surface area is 187 Å². The molecule has 1 saturated heterocycles. The number of aromatic nitrogens is 1. The summed E-state index contributed by atoms with van der Waals surface area (Å²) < 4.78 is 1.75. The van der Waals surface area contributed by atoms with E-state index in [1.54, 1.807) is 10.6 Å². The number of carboxylic acids is 1. The van der Waals surface area contributed by atoms with Gasteiger partial charge in [-0.15, -0.1) is 0 Å². The van der Waals surface area contributed by atoms with Crippen molar-refractivity contribution in [1.29, 1.82) is 0 Å². The van der Waals surface area contributed by atoms with Crippen LogP contribution in [0.2, 0.25) is 0 Å². The highest BCUT2D eigenvalue weighted by Crippen LogP contribution is 2.38. The van der Waals surface area contributed by atoms with Crippen LogP contribution in [0.4, 0.5) is 0 Å².